The smallest absolute Gasteiger partial charge is 0.0594 e. The van der Waals surface area contributed by atoms with Crippen molar-refractivity contribution < 1.29 is 0 Å². The molecule has 0 bridgehead atoms. The van der Waals surface area contributed by atoms with Gasteiger partial charge in [-0.25, -0.2) is 0 Å². The molecule has 59 heavy (non-hydrogen) atoms. The molecule has 0 saturated carbocycles. The van der Waals surface area contributed by atoms with Gasteiger partial charge in [-0.1, -0.05) is 304 Å². The van der Waals surface area contributed by atoms with E-state index < -0.39 is 7.26 Å². The molecule has 0 atom stereocenters. The van der Waals surface area contributed by atoms with Gasteiger partial charge in [-0.05, 0) is 44.9 Å². The van der Waals surface area contributed by atoms with Crippen molar-refractivity contribution in [1.82, 2.24) is 0 Å². The fourth-order valence-electron chi connectivity index (χ4n) is 10.2. The Bertz CT molecular complexity index is 626. The van der Waals surface area contributed by atoms with Crippen LogP contribution in [-0.4, -0.2) is 24.6 Å². The molecule has 0 radical (unpaired) electrons. The van der Waals surface area contributed by atoms with E-state index in [-0.39, 0.29) is 0 Å². The molecule has 356 valence electrons. The van der Waals surface area contributed by atoms with E-state index >= 15 is 0 Å². The largest absolute Gasteiger partial charge is 0.0654 e. The average molecular weight is 849 g/mol. The first kappa shape index (κ1) is 59.4. The molecule has 0 aliphatic carbocycles. The van der Waals surface area contributed by atoms with Crippen LogP contribution in [0.2, 0.25) is 0 Å². The van der Waals surface area contributed by atoms with E-state index in [9.17, 15) is 0 Å². The topological polar surface area (TPSA) is 0 Å². The van der Waals surface area contributed by atoms with Crippen molar-refractivity contribution >= 4 is 7.26 Å². The Morgan fingerprint density at radius 1 is 0.136 bits per heavy atom. The predicted molar refractivity (Wildman–Crippen MR) is 280 cm³/mol. The minimum absolute atomic E-state index is 0.777. The Kier molecular flexibility index (Phi) is 53.2. The first-order valence-electron chi connectivity index (χ1n) is 29.1. The summed E-state index contributed by atoms with van der Waals surface area (Å²) >= 11 is 0. The van der Waals surface area contributed by atoms with E-state index in [2.05, 4.69) is 27.7 Å². The second-order valence-electron chi connectivity index (χ2n) is 20.5. The minimum Gasteiger partial charge on any atom is -0.0654 e. The molecule has 0 nitrogen and oxygen atoms in total. The highest BCUT2D eigenvalue weighted by atomic mass is 31.2. The SMILES string of the molecule is CCCCCCCCCCCCCCCCCC[P+](CCCC)(CCCCCCCCCCCCCCCCCC)CCCCCCCCCCCCCCCCCC. The van der Waals surface area contributed by atoms with Crippen molar-refractivity contribution in [3.8, 4) is 0 Å². The van der Waals surface area contributed by atoms with Crippen molar-refractivity contribution in [2.45, 2.75) is 349 Å². The molecule has 0 N–H and O–H groups in total. The van der Waals surface area contributed by atoms with Gasteiger partial charge in [-0.3, -0.25) is 0 Å². The van der Waals surface area contributed by atoms with Gasteiger partial charge in [0.2, 0.25) is 0 Å². The maximum Gasteiger partial charge on any atom is 0.0594 e. The molecule has 0 rings (SSSR count). The Morgan fingerprint density at radius 2 is 0.254 bits per heavy atom. The highest BCUT2D eigenvalue weighted by molar-refractivity contribution is 7.75. The van der Waals surface area contributed by atoms with E-state index in [1.165, 1.54) is 302 Å². The van der Waals surface area contributed by atoms with Crippen LogP contribution >= 0.6 is 7.26 Å². The zero-order valence-corrected chi connectivity index (χ0v) is 43.5. The monoisotopic (exact) mass is 848 g/mol. The van der Waals surface area contributed by atoms with Gasteiger partial charge in [-0.2, -0.15) is 0 Å². The van der Waals surface area contributed by atoms with Gasteiger partial charge in [0.05, 0.1) is 24.6 Å². The number of unbranched alkanes of at least 4 members (excludes halogenated alkanes) is 46. The first-order chi connectivity index (χ1) is 29.2. The van der Waals surface area contributed by atoms with E-state index in [4.69, 9.17) is 0 Å². The van der Waals surface area contributed by atoms with Crippen LogP contribution in [-0.2, 0) is 0 Å². The van der Waals surface area contributed by atoms with Gasteiger partial charge in [0.25, 0.3) is 0 Å². The second kappa shape index (κ2) is 52.8. The maximum absolute atomic E-state index is 2.46. The maximum atomic E-state index is 2.46. The van der Waals surface area contributed by atoms with Gasteiger partial charge in [0.1, 0.15) is 0 Å². The van der Waals surface area contributed by atoms with E-state index in [0.29, 0.717) is 0 Å². The molecule has 0 amide bonds. The van der Waals surface area contributed by atoms with E-state index in [1.54, 1.807) is 43.9 Å². The van der Waals surface area contributed by atoms with Gasteiger partial charge in [-0.15, -0.1) is 0 Å². The quantitative estimate of drug-likeness (QED) is 0.0423. The molecule has 0 fully saturated rings. The third-order valence-electron chi connectivity index (χ3n) is 14.4. The summed E-state index contributed by atoms with van der Waals surface area (Å²) in [5.41, 5.74) is 0. The zero-order chi connectivity index (χ0) is 42.7. The first-order valence-corrected chi connectivity index (χ1v) is 31.6. The molecule has 0 aliphatic rings. The minimum atomic E-state index is -0.777. The molecule has 0 aliphatic heterocycles. The molecule has 0 aromatic carbocycles. The fourth-order valence-corrected chi connectivity index (χ4v) is 15.2. The molecule has 0 aromatic heterocycles. The normalized spacial score (nSPS) is 12.0. The molecule has 1 heteroatoms. The molecule has 0 spiro atoms. The summed E-state index contributed by atoms with van der Waals surface area (Å²) in [5.74, 6) is 0. The summed E-state index contributed by atoms with van der Waals surface area (Å²) in [7, 11) is -0.777. The molecule has 0 unspecified atom stereocenters. The summed E-state index contributed by atoms with van der Waals surface area (Å²) in [4.78, 5) is 0. The lowest BCUT2D eigenvalue weighted by Crippen LogP contribution is -2.13. The van der Waals surface area contributed by atoms with Gasteiger partial charge in [0, 0.05) is 7.26 Å². The summed E-state index contributed by atoms with van der Waals surface area (Å²) in [6.07, 6.45) is 81.1. The van der Waals surface area contributed by atoms with Crippen LogP contribution < -0.4 is 0 Å². The fraction of sp³-hybridized carbons (Fsp3) is 1.00. The van der Waals surface area contributed by atoms with Crippen molar-refractivity contribution in [2.24, 2.45) is 0 Å². The van der Waals surface area contributed by atoms with Gasteiger partial charge < -0.3 is 0 Å². The standard InChI is InChI=1S/C58H120P/c1-5-9-13-16-19-22-25-28-31-34-37-40-43-46-49-52-56-59(55-12-8-4,57-53-50-47-44-41-38-35-32-29-26-23-20-17-14-10-6-2)58-54-51-48-45-42-39-36-33-30-27-24-21-18-15-11-7-3/h5-58H2,1-4H3/q+1. The van der Waals surface area contributed by atoms with Crippen LogP contribution in [0.25, 0.3) is 0 Å². The van der Waals surface area contributed by atoms with Crippen LogP contribution in [0.5, 0.6) is 0 Å². The average Bonchev–Trinajstić information content (AvgIpc) is 3.25. The van der Waals surface area contributed by atoms with Crippen molar-refractivity contribution in [3.05, 3.63) is 0 Å². The molecular formula is C58H120P+. The lowest BCUT2D eigenvalue weighted by molar-refractivity contribution is 0.530. The lowest BCUT2D eigenvalue weighted by Gasteiger charge is -2.28. The van der Waals surface area contributed by atoms with Crippen molar-refractivity contribution in [2.75, 3.05) is 24.6 Å². The van der Waals surface area contributed by atoms with E-state index in [1.807, 2.05) is 0 Å². The van der Waals surface area contributed by atoms with Crippen molar-refractivity contribution in [1.29, 1.82) is 0 Å². The highest BCUT2D eigenvalue weighted by Gasteiger charge is 2.34. The number of rotatable bonds is 54. The summed E-state index contributed by atoms with van der Waals surface area (Å²) in [5, 5.41) is 0. The van der Waals surface area contributed by atoms with Crippen molar-refractivity contribution in [3.63, 3.8) is 0 Å². The summed E-state index contributed by atoms with van der Waals surface area (Å²) in [6, 6.07) is 0. The third kappa shape index (κ3) is 47.7. The molecule has 0 saturated heterocycles. The van der Waals surface area contributed by atoms with Crippen LogP contribution in [0.3, 0.4) is 0 Å². The predicted octanol–water partition coefficient (Wildman–Crippen LogP) is 22.6. The highest BCUT2D eigenvalue weighted by Crippen LogP contribution is 2.61. The Hall–Kier alpha value is 0.430. The number of hydrogen-bond donors (Lipinski definition) is 0. The van der Waals surface area contributed by atoms with Crippen LogP contribution in [0.4, 0.5) is 0 Å². The van der Waals surface area contributed by atoms with Gasteiger partial charge in [0.15, 0.2) is 0 Å². The van der Waals surface area contributed by atoms with E-state index in [0.717, 1.165) is 0 Å². The lowest BCUT2D eigenvalue weighted by atomic mass is 10.0. The molecule has 0 heterocycles. The zero-order valence-electron chi connectivity index (χ0n) is 42.6. The Labute approximate surface area is 379 Å². The Balaban J connectivity index is 4.40. The molecule has 0 aromatic rings. The number of hydrogen-bond acceptors (Lipinski definition) is 0. The van der Waals surface area contributed by atoms with Crippen LogP contribution in [0, 0.1) is 0 Å². The summed E-state index contributed by atoms with van der Waals surface area (Å²) in [6.45, 7) is 9.44. The third-order valence-corrected chi connectivity index (χ3v) is 19.5. The Morgan fingerprint density at radius 3 is 0.407 bits per heavy atom. The van der Waals surface area contributed by atoms with Gasteiger partial charge >= 0.3 is 0 Å². The second-order valence-corrected chi connectivity index (χ2v) is 25.0. The van der Waals surface area contributed by atoms with Crippen LogP contribution in [0.15, 0.2) is 0 Å². The van der Waals surface area contributed by atoms with Crippen LogP contribution in [0.1, 0.15) is 349 Å². The summed E-state index contributed by atoms with van der Waals surface area (Å²) < 4.78 is 0. The molecular weight excluding hydrogens is 728 g/mol.